The summed E-state index contributed by atoms with van der Waals surface area (Å²) < 4.78 is 11.5. The minimum atomic E-state index is -0.676. The number of rotatable bonds is 11. The van der Waals surface area contributed by atoms with E-state index in [4.69, 9.17) is 9.47 Å². The molecule has 0 saturated heterocycles. The quantitative estimate of drug-likeness (QED) is 0.325. The van der Waals surface area contributed by atoms with Crippen molar-refractivity contribution >= 4 is 10.9 Å². The molecule has 0 saturated carbocycles. The zero-order chi connectivity index (χ0) is 22.9. The number of fused-ring (bicyclic) bond motifs is 1. The smallest absolute Gasteiger partial charge is 0.219 e. The molecule has 0 spiro atoms. The number of hydrogen-bond acceptors (Lipinski definition) is 6. The van der Waals surface area contributed by atoms with Gasteiger partial charge in [-0.3, -0.25) is 0 Å². The number of pyridine rings is 1. The van der Waals surface area contributed by atoms with Crippen LogP contribution in [0.1, 0.15) is 5.56 Å². The van der Waals surface area contributed by atoms with Gasteiger partial charge < -0.3 is 25.0 Å². The molecule has 0 bridgehead atoms. The number of nitrogens with one attached hydrogen (secondary N) is 1. The second-order valence-corrected chi connectivity index (χ2v) is 7.86. The Kier molecular flexibility index (Phi) is 7.87. The van der Waals surface area contributed by atoms with Crippen LogP contribution in [0.15, 0.2) is 91.0 Å². The molecule has 0 radical (unpaired) electrons. The minimum Gasteiger partial charge on any atom is -0.491 e. The van der Waals surface area contributed by atoms with E-state index in [0.717, 1.165) is 22.2 Å². The fourth-order valence-electron chi connectivity index (χ4n) is 3.48. The highest BCUT2D eigenvalue weighted by atomic mass is 16.5. The van der Waals surface area contributed by atoms with Gasteiger partial charge in [0, 0.05) is 24.0 Å². The molecule has 6 heteroatoms. The van der Waals surface area contributed by atoms with Gasteiger partial charge in [-0.05, 0) is 48.4 Å². The first kappa shape index (κ1) is 22.7. The summed E-state index contributed by atoms with van der Waals surface area (Å²) in [6.45, 7) is 0.475. The average Bonchev–Trinajstić information content (AvgIpc) is 2.87. The second kappa shape index (κ2) is 11.4. The van der Waals surface area contributed by atoms with Crippen LogP contribution in [0, 0.1) is 0 Å². The first-order valence-corrected chi connectivity index (χ1v) is 11.0. The Labute approximate surface area is 193 Å². The number of para-hydroxylation sites is 2. The number of ether oxygens (including phenoxy) is 2. The van der Waals surface area contributed by atoms with Gasteiger partial charge in [-0.15, -0.1) is 0 Å². The summed E-state index contributed by atoms with van der Waals surface area (Å²) in [6.07, 6.45) is -0.0541. The lowest BCUT2D eigenvalue weighted by Crippen LogP contribution is -2.41. The Morgan fingerprint density at radius 1 is 0.818 bits per heavy atom. The molecule has 0 aliphatic heterocycles. The fraction of sp³-hybridized carbons (Fsp3) is 0.222. The maximum Gasteiger partial charge on any atom is 0.219 e. The van der Waals surface area contributed by atoms with Crippen molar-refractivity contribution in [1.82, 2.24) is 10.3 Å². The minimum absolute atomic E-state index is 0.0362. The van der Waals surface area contributed by atoms with E-state index in [9.17, 15) is 10.2 Å². The predicted octanol–water partition coefficient (Wildman–Crippen LogP) is 3.96. The molecule has 4 rings (SSSR count). The third kappa shape index (κ3) is 6.76. The van der Waals surface area contributed by atoms with Crippen LogP contribution in [0.25, 0.3) is 10.9 Å². The average molecular weight is 445 g/mol. The van der Waals surface area contributed by atoms with Gasteiger partial charge in [0.25, 0.3) is 0 Å². The van der Waals surface area contributed by atoms with E-state index in [1.807, 2.05) is 91.0 Å². The highest BCUT2D eigenvalue weighted by molar-refractivity contribution is 5.78. The van der Waals surface area contributed by atoms with Crippen molar-refractivity contribution in [1.29, 1.82) is 0 Å². The van der Waals surface area contributed by atoms with Crippen LogP contribution in [0.2, 0.25) is 0 Å². The second-order valence-electron chi connectivity index (χ2n) is 7.86. The fourth-order valence-corrected chi connectivity index (χ4v) is 3.48. The van der Waals surface area contributed by atoms with Crippen molar-refractivity contribution < 1.29 is 19.7 Å². The van der Waals surface area contributed by atoms with Crippen molar-refractivity contribution in [2.45, 2.75) is 18.6 Å². The Bertz CT molecular complexity index is 1140. The molecule has 3 aromatic carbocycles. The lowest BCUT2D eigenvalue weighted by atomic mass is 10.1. The molecule has 170 valence electrons. The van der Waals surface area contributed by atoms with Gasteiger partial charge >= 0.3 is 0 Å². The number of aliphatic hydroxyl groups excluding tert-OH is 2. The number of benzene rings is 3. The topological polar surface area (TPSA) is 83.8 Å². The molecule has 6 nitrogen and oxygen atoms in total. The molecular weight excluding hydrogens is 416 g/mol. The van der Waals surface area contributed by atoms with Crippen LogP contribution in [-0.4, -0.2) is 47.1 Å². The zero-order valence-corrected chi connectivity index (χ0v) is 18.3. The molecule has 0 aliphatic carbocycles. The number of nitrogens with zero attached hydrogens (tertiary/aromatic N) is 1. The van der Waals surface area contributed by atoms with E-state index in [1.54, 1.807) is 0 Å². The molecule has 33 heavy (non-hydrogen) atoms. The van der Waals surface area contributed by atoms with Crippen molar-refractivity contribution in [2.24, 2.45) is 0 Å². The SMILES string of the molecule is OC[C@H](Cc1ccc(Oc2ccc3ccccc3n2)cc1)NCC(O)COc1ccccc1. The van der Waals surface area contributed by atoms with E-state index in [-0.39, 0.29) is 19.3 Å². The summed E-state index contributed by atoms with van der Waals surface area (Å²) in [4.78, 5) is 4.53. The lowest BCUT2D eigenvalue weighted by molar-refractivity contribution is 0.0997. The molecule has 3 N–H and O–H groups in total. The van der Waals surface area contributed by atoms with Crippen LogP contribution < -0.4 is 14.8 Å². The normalized spacial score (nSPS) is 12.9. The molecule has 2 atom stereocenters. The van der Waals surface area contributed by atoms with Gasteiger partial charge in [-0.2, -0.15) is 0 Å². The van der Waals surface area contributed by atoms with E-state index < -0.39 is 6.10 Å². The van der Waals surface area contributed by atoms with Gasteiger partial charge in [0.05, 0.1) is 12.1 Å². The third-order valence-corrected chi connectivity index (χ3v) is 5.25. The van der Waals surface area contributed by atoms with Gasteiger partial charge in [0.1, 0.15) is 24.2 Å². The molecule has 0 amide bonds. The highest BCUT2D eigenvalue weighted by Gasteiger charge is 2.12. The van der Waals surface area contributed by atoms with Crippen LogP contribution in [0.4, 0.5) is 0 Å². The van der Waals surface area contributed by atoms with Gasteiger partial charge in [-0.1, -0.05) is 48.5 Å². The first-order valence-electron chi connectivity index (χ1n) is 11.0. The van der Waals surface area contributed by atoms with Crippen LogP contribution >= 0.6 is 0 Å². The summed E-state index contributed by atoms with van der Waals surface area (Å²) >= 11 is 0. The summed E-state index contributed by atoms with van der Waals surface area (Å²) in [5.74, 6) is 1.96. The molecule has 0 fully saturated rings. The molecule has 1 heterocycles. The number of hydrogen-bond donors (Lipinski definition) is 3. The van der Waals surface area contributed by atoms with Gasteiger partial charge in [0.15, 0.2) is 0 Å². The van der Waals surface area contributed by atoms with E-state index in [2.05, 4.69) is 10.3 Å². The summed E-state index contributed by atoms with van der Waals surface area (Å²) in [5.41, 5.74) is 1.94. The molecule has 0 aliphatic rings. The number of aliphatic hydroxyl groups is 2. The van der Waals surface area contributed by atoms with Crippen molar-refractivity contribution in [3.8, 4) is 17.4 Å². The monoisotopic (exact) mass is 444 g/mol. The Morgan fingerprint density at radius 2 is 1.58 bits per heavy atom. The van der Waals surface area contributed by atoms with E-state index in [1.165, 1.54) is 0 Å². The van der Waals surface area contributed by atoms with E-state index in [0.29, 0.717) is 24.6 Å². The Balaban J connectivity index is 1.25. The van der Waals surface area contributed by atoms with Crippen LogP contribution in [0.3, 0.4) is 0 Å². The maximum absolute atomic E-state index is 10.2. The highest BCUT2D eigenvalue weighted by Crippen LogP contribution is 2.23. The molecule has 1 unspecified atom stereocenters. The van der Waals surface area contributed by atoms with Crippen LogP contribution in [0.5, 0.6) is 17.4 Å². The third-order valence-electron chi connectivity index (χ3n) is 5.25. The Morgan fingerprint density at radius 3 is 2.36 bits per heavy atom. The molecule has 4 aromatic rings. The zero-order valence-electron chi connectivity index (χ0n) is 18.3. The summed E-state index contributed by atoms with van der Waals surface area (Å²) in [7, 11) is 0. The molecule has 1 aromatic heterocycles. The van der Waals surface area contributed by atoms with Crippen LogP contribution in [-0.2, 0) is 6.42 Å². The van der Waals surface area contributed by atoms with Crippen molar-refractivity contribution in [3.05, 3.63) is 96.6 Å². The lowest BCUT2D eigenvalue weighted by Gasteiger charge is -2.19. The van der Waals surface area contributed by atoms with Crippen molar-refractivity contribution in [2.75, 3.05) is 19.8 Å². The number of aromatic nitrogens is 1. The molecular formula is C27H28N2O4. The Hall–Kier alpha value is -3.45. The maximum atomic E-state index is 10.2. The summed E-state index contributed by atoms with van der Waals surface area (Å²) in [5, 5.41) is 24.2. The largest absolute Gasteiger partial charge is 0.491 e. The predicted molar refractivity (Wildman–Crippen MR) is 129 cm³/mol. The van der Waals surface area contributed by atoms with Crippen molar-refractivity contribution in [3.63, 3.8) is 0 Å². The van der Waals surface area contributed by atoms with E-state index >= 15 is 0 Å². The standard InChI is InChI=1S/C27H28N2O4/c30-18-22(28-17-23(31)19-32-24-7-2-1-3-8-24)16-20-10-13-25(14-11-20)33-27-15-12-21-6-4-5-9-26(21)29-27/h1-15,22-23,28,30-31H,16-19H2/t22-,23?/m0/s1. The first-order chi connectivity index (χ1) is 16.2. The summed E-state index contributed by atoms with van der Waals surface area (Å²) in [6, 6.07) is 28.7. The van der Waals surface area contributed by atoms with Gasteiger partial charge in [-0.25, -0.2) is 4.98 Å². The van der Waals surface area contributed by atoms with Gasteiger partial charge in [0.2, 0.25) is 5.88 Å².